The minimum atomic E-state index is -0.664. The van der Waals surface area contributed by atoms with Gasteiger partial charge >= 0.3 is 0 Å². The Bertz CT molecular complexity index is 834. The summed E-state index contributed by atoms with van der Waals surface area (Å²) in [5, 5.41) is 11.7. The Morgan fingerprint density at radius 3 is 2.39 bits per heavy atom. The number of halogens is 1. The van der Waals surface area contributed by atoms with Crippen molar-refractivity contribution in [3.05, 3.63) is 35.6 Å². The molecule has 0 spiro atoms. The summed E-state index contributed by atoms with van der Waals surface area (Å²) in [6, 6.07) is 6.81. The van der Waals surface area contributed by atoms with E-state index in [9.17, 15) is 9.50 Å². The summed E-state index contributed by atoms with van der Waals surface area (Å²) < 4.78 is 19.1. The third kappa shape index (κ3) is 3.99. The number of fused-ring (bicyclic) bond motifs is 5. The molecule has 4 saturated carbocycles. The molecule has 4 aliphatic rings. The lowest BCUT2D eigenvalue weighted by Gasteiger charge is -2.61. The third-order valence-corrected chi connectivity index (χ3v) is 11.5. The van der Waals surface area contributed by atoms with Gasteiger partial charge in [0, 0.05) is 7.11 Å². The molecule has 0 unspecified atom stereocenters. The van der Waals surface area contributed by atoms with Gasteiger partial charge in [0.25, 0.3) is 0 Å². The molecule has 1 aromatic carbocycles. The number of ether oxygens (including phenoxy) is 1. The number of aryl methyl sites for hydroxylation is 1. The molecule has 2 nitrogen and oxygen atoms in total. The van der Waals surface area contributed by atoms with E-state index in [0.717, 1.165) is 48.5 Å². The summed E-state index contributed by atoms with van der Waals surface area (Å²) in [4.78, 5) is 0. The molecule has 0 aromatic heterocycles. The van der Waals surface area contributed by atoms with Crippen molar-refractivity contribution in [3.8, 4) is 0 Å². The van der Waals surface area contributed by atoms with E-state index in [4.69, 9.17) is 4.74 Å². The molecule has 5 rings (SSSR count). The highest BCUT2D eigenvalue weighted by molar-refractivity contribution is 5.17. The first-order chi connectivity index (χ1) is 15.7. The monoisotopic (exact) mass is 456 g/mol. The first kappa shape index (κ1) is 23.8. The molecule has 4 aliphatic carbocycles. The van der Waals surface area contributed by atoms with Gasteiger partial charge in [-0.15, -0.1) is 0 Å². The molecule has 0 aliphatic heterocycles. The summed E-state index contributed by atoms with van der Waals surface area (Å²) in [7, 11) is 1.89. The first-order valence-corrected chi connectivity index (χ1v) is 13.7. The van der Waals surface area contributed by atoms with Crippen molar-refractivity contribution in [1.82, 2.24) is 0 Å². The number of aliphatic hydroxyl groups is 1. The van der Waals surface area contributed by atoms with Gasteiger partial charge in [0.15, 0.2) is 0 Å². The van der Waals surface area contributed by atoms with Crippen LogP contribution in [0.5, 0.6) is 0 Å². The molecule has 0 amide bonds. The third-order valence-electron chi connectivity index (χ3n) is 11.5. The van der Waals surface area contributed by atoms with Crippen molar-refractivity contribution in [1.29, 1.82) is 0 Å². The van der Waals surface area contributed by atoms with Gasteiger partial charge in [0.05, 0.1) is 11.7 Å². The maximum Gasteiger partial charge on any atom is 0.123 e. The Labute approximate surface area is 200 Å². The van der Waals surface area contributed by atoms with Crippen molar-refractivity contribution in [2.24, 2.45) is 40.4 Å². The van der Waals surface area contributed by atoms with Crippen molar-refractivity contribution < 1.29 is 14.2 Å². The molecular formula is C30H45FO2. The smallest absolute Gasteiger partial charge is 0.123 e. The van der Waals surface area contributed by atoms with Crippen LogP contribution in [0.4, 0.5) is 4.39 Å². The van der Waals surface area contributed by atoms with E-state index >= 15 is 0 Å². The van der Waals surface area contributed by atoms with Crippen LogP contribution in [-0.4, -0.2) is 23.9 Å². The largest absolute Gasteiger partial charge is 0.390 e. The molecule has 0 saturated heterocycles. The minimum absolute atomic E-state index is 0.187. The fraction of sp³-hybridized carbons (Fsp3) is 0.800. The van der Waals surface area contributed by atoms with Crippen LogP contribution in [0.25, 0.3) is 0 Å². The van der Waals surface area contributed by atoms with E-state index in [1.54, 1.807) is 0 Å². The quantitative estimate of drug-likeness (QED) is 0.508. The molecule has 4 fully saturated rings. The number of hydrogen-bond donors (Lipinski definition) is 1. The molecule has 9 atom stereocenters. The van der Waals surface area contributed by atoms with Gasteiger partial charge in [-0.3, -0.25) is 0 Å². The predicted molar refractivity (Wildman–Crippen MR) is 131 cm³/mol. The van der Waals surface area contributed by atoms with Gasteiger partial charge in [0.2, 0.25) is 0 Å². The normalized spacial score (nSPS) is 44.4. The topological polar surface area (TPSA) is 29.5 Å². The van der Waals surface area contributed by atoms with Crippen molar-refractivity contribution in [3.63, 3.8) is 0 Å². The number of benzene rings is 1. The van der Waals surface area contributed by atoms with Gasteiger partial charge in [-0.1, -0.05) is 26.0 Å². The highest BCUT2D eigenvalue weighted by Gasteiger charge is 2.62. The van der Waals surface area contributed by atoms with Crippen LogP contribution >= 0.6 is 0 Å². The van der Waals surface area contributed by atoms with Crippen LogP contribution < -0.4 is 0 Å². The van der Waals surface area contributed by atoms with Crippen LogP contribution in [0.2, 0.25) is 0 Å². The molecule has 0 heterocycles. The molecule has 0 radical (unpaired) electrons. The van der Waals surface area contributed by atoms with E-state index in [0.29, 0.717) is 17.4 Å². The lowest BCUT2D eigenvalue weighted by Crippen LogP contribution is -2.55. The average Bonchev–Trinajstić information content (AvgIpc) is 3.16. The fourth-order valence-corrected chi connectivity index (χ4v) is 9.68. The number of hydrogen-bond acceptors (Lipinski definition) is 2. The van der Waals surface area contributed by atoms with Crippen molar-refractivity contribution in [2.75, 3.05) is 7.11 Å². The molecular weight excluding hydrogens is 411 g/mol. The highest BCUT2D eigenvalue weighted by atomic mass is 19.1. The molecule has 1 N–H and O–H groups in total. The summed E-state index contributed by atoms with van der Waals surface area (Å²) in [6.45, 7) is 7.23. The number of methoxy groups -OCH3 is 1. The second kappa shape index (κ2) is 8.63. The summed E-state index contributed by atoms with van der Waals surface area (Å²) in [6.07, 6.45) is 13.7. The van der Waals surface area contributed by atoms with Crippen molar-refractivity contribution in [2.45, 2.75) is 103 Å². The molecule has 184 valence electrons. The maximum absolute atomic E-state index is 13.3. The van der Waals surface area contributed by atoms with E-state index < -0.39 is 5.60 Å². The van der Waals surface area contributed by atoms with Gasteiger partial charge in [0.1, 0.15) is 5.82 Å². The Kier molecular flexibility index (Phi) is 6.22. The van der Waals surface area contributed by atoms with Gasteiger partial charge < -0.3 is 9.84 Å². The lowest BCUT2D eigenvalue weighted by molar-refractivity contribution is -0.146. The Hall–Kier alpha value is -0.930. The van der Waals surface area contributed by atoms with E-state index in [1.165, 1.54) is 63.5 Å². The zero-order valence-corrected chi connectivity index (χ0v) is 21.3. The molecule has 33 heavy (non-hydrogen) atoms. The zero-order chi connectivity index (χ0) is 23.4. The number of rotatable bonds is 5. The Morgan fingerprint density at radius 2 is 1.67 bits per heavy atom. The Morgan fingerprint density at radius 1 is 0.970 bits per heavy atom. The average molecular weight is 457 g/mol. The van der Waals surface area contributed by atoms with Gasteiger partial charge in [-0.2, -0.15) is 0 Å². The fourth-order valence-electron chi connectivity index (χ4n) is 9.68. The summed E-state index contributed by atoms with van der Waals surface area (Å²) >= 11 is 0. The van der Waals surface area contributed by atoms with E-state index in [1.807, 2.05) is 19.2 Å². The second-order valence-electron chi connectivity index (χ2n) is 12.9. The van der Waals surface area contributed by atoms with Crippen molar-refractivity contribution >= 4 is 0 Å². The Balaban J connectivity index is 1.30. The predicted octanol–water partition coefficient (Wildman–Crippen LogP) is 7.18. The molecule has 0 bridgehead atoms. The van der Waals surface area contributed by atoms with Gasteiger partial charge in [-0.25, -0.2) is 4.39 Å². The van der Waals surface area contributed by atoms with Gasteiger partial charge in [-0.05, 0) is 136 Å². The van der Waals surface area contributed by atoms with Crippen LogP contribution in [-0.2, 0) is 11.2 Å². The van der Waals surface area contributed by atoms with E-state index in [-0.39, 0.29) is 11.2 Å². The van der Waals surface area contributed by atoms with Crippen LogP contribution in [0, 0.1) is 46.2 Å². The zero-order valence-electron chi connectivity index (χ0n) is 21.3. The van der Waals surface area contributed by atoms with Crippen LogP contribution in [0.3, 0.4) is 0 Å². The standard InChI is InChI=1S/C30H45FO2/c1-28-16-14-23(33-4)19-21(28)7-10-24-25-11-12-27(29(25,2)17-15-26(24)28)30(3,32)18-13-20-5-8-22(31)9-6-20/h5-6,8-9,21,23-27,32H,7,10-19H2,1-4H3/t21-,23-,24-,25-,26-,27-,28-,29-,30+/m0/s1. The first-order valence-electron chi connectivity index (χ1n) is 13.7. The highest BCUT2D eigenvalue weighted by Crippen LogP contribution is 2.68. The van der Waals surface area contributed by atoms with Crippen LogP contribution in [0.15, 0.2) is 24.3 Å². The maximum atomic E-state index is 13.3. The summed E-state index contributed by atoms with van der Waals surface area (Å²) in [5.74, 6) is 3.46. The molecule has 3 heteroatoms. The van der Waals surface area contributed by atoms with E-state index in [2.05, 4.69) is 20.8 Å². The molecule has 1 aromatic rings. The minimum Gasteiger partial charge on any atom is -0.390 e. The van der Waals surface area contributed by atoms with Crippen LogP contribution in [0.1, 0.15) is 90.5 Å². The SMILES string of the molecule is CO[C@H]1CC[C@@]2(C)[C@@H](CC[C@@H]3[C@@H]2CC[C@@]2(C)[C@H]3CC[C@@H]2[C@](C)(O)CCc2ccc(F)cc2)C1. The second-order valence-corrected chi connectivity index (χ2v) is 12.9. The lowest BCUT2D eigenvalue weighted by atomic mass is 9.44. The summed E-state index contributed by atoms with van der Waals surface area (Å²) in [5.41, 5.74) is 1.20.